The Morgan fingerprint density at radius 3 is 2.47 bits per heavy atom. The summed E-state index contributed by atoms with van der Waals surface area (Å²) in [7, 11) is -3.38. The number of piperidine rings is 1. The Balaban J connectivity index is 2.21. The van der Waals surface area contributed by atoms with Crippen molar-refractivity contribution >= 4 is 15.7 Å². The van der Waals surface area contributed by atoms with Crippen LogP contribution in [0.5, 0.6) is 0 Å². The van der Waals surface area contributed by atoms with Crippen LogP contribution in [-0.4, -0.2) is 25.8 Å². The zero-order valence-electron chi connectivity index (χ0n) is 11.6. The Bertz CT molecular complexity index is 547. The maximum absolute atomic E-state index is 12.5. The molecule has 0 atom stereocenters. The van der Waals surface area contributed by atoms with Crippen molar-refractivity contribution in [3.63, 3.8) is 0 Å². The molecule has 2 rings (SSSR count). The molecule has 0 saturated carbocycles. The van der Waals surface area contributed by atoms with Crippen molar-refractivity contribution < 1.29 is 8.42 Å². The fourth-order valence-corrected chi connectivity index (χ4v) is 3.99. The first-order valence-electron chi connectivity index (χ1n) is 6.81. The van der Waals surface area contributed by atoms with Gasteiger partial charge in [0.1, 0.15) is 0 Å². The van der Waals surface area contributed by atoms with Crippen LogP contribution in [0.4, 0.5) is 5.69 Å². The summed E-state index contributed by atoms with van der Waals surface area (Å²) < 4.78 is 26.6. The van der Waals surface area contributed by atoms with Gasteiger partial charge in [-0.2, -0.15) is 4.31 Å². The van der Waals surface area contributed by atoms with Crippen LogP contribution in [-0.2, 0) is 10.0 Å². The summed E-state index contributed by atoms with van der Waals surface area (Å²) in [6.45, 7) is 5.28. The van der Waals surface area contributed by atoms with E-state index in [1.807, 2.05) is 6.92 Å². The normalized spacial score (nSPS) is 18.6. The van der Waals surface area contributed by atoms with Crippen LogP contribution >= 0.6 is 0 Å². The molecule has 1 aromatic rings. The second-order valence-electron chi connectivity index (χ2n) is 5.27. The SMILES string of the molecule is CCC1CCN(S(=O)(=O)c2ccc(C)c(N)c2)CC1. The maximum Gasteiger partial charge on any atom is 0.243 e. The van der Waals surface area contributed by atoms with E-state index in [1.165, 1.54) is 0 Å². The quantitative estimate of drug-likeness (QED) is 0.866. The summed E-state index contributed by atoms with van der Waals surface area (Å²) in [5.41, 5.74) is 7.25. The van der Waals surface area contributed by atoms with Crippen molar-refractivity contribution in [2.75, 3.05) is 18.8 Å². The zero-order chi connectivity index (χ0) is 14.0. The van der Waals surface area contributed by atoms with E-state index >= 15 is 0 Å². The molecular formula is C14H22N2O2S. The highest BCUT2D eigenvalue weighted by Gasteiger charge is 2.28. The van der Waals surface area contributed by atoms with Gasteiger partial charge in [-0.15, -0.1) is 0 Å². The molecule has 1 fully saturated rings. The molecular weight excluding hydrogens is 260 g/mol. The lowest BCUT2D eigenvalue weighted by atomic mass is 9.96. The molecule has 2 N–H and O–H groups in total. The summed E-state index contributed by atoms with van der Waals surface area (Å²) in [5.74, 6) is 0.662. The number of anilines is 1. The Morgan fingerprint density at radius 1 is 1.32 bits per heavy atom. The molecule has 0 bridgehead atoms. The van der Waals surface area contributed by atoms with Gasteiger partial charge in [-0.25, -0.2) is 8.42 Å². The highest BCUT2D eigenvalue weighted by atomic mass is 32.2. The molecule has 4 nitrogen and oxygen atoms in total. The summed E-state index contributed by atoms with van der Waals surface area (Å²) in [4.78, 5) is 0.311. The van der Waals surface area contributed by atoms with E-state index in [9.17, 15) is 8.42 Å². The first kappa shape index (κ1) is 14.3. The number of hydrogen-bond acceptors (Lipinski definition) is 3. The molecule has 0 spiro atoms. The van der Waals surface area contributed by atoms with E-state index in [4.69, 9.17) is 5.73 Å². The number of sulfonamides is 1. The average molecular weight is 282 g/mol. The number of benzene rings is 1. The van der Waals surface area contributed by atoms with Gasteiger partial charge in [0.15, 0.2) is 0 Å². The molecule has 0 radical (unpaired) electrons. The minimum atomic E-state index is -3.38. The lowest BCUT2D eigenvalue weighted by Crippen LogP contribution is -2.38. The van der Waals surface area contributed by atoms with Crippen molar-refractivity contribution in [1.82, 2.24) is 4.31 Å². The summed E-state index contributed by atoms with van der Waals surface area (Å²) in [6, 6.07) is 4.98. The second-order valence-corrected chi connectivity index (χ2v) is 7.21. The summed E-state index contributed by atoms with van der Waals surface area (Å²) >= 11 is 0. The Morgan fingerprint density at radius 2 is 1.95 bits per heavy atom. The highest BCUT2D eigenvalue weighted by Crippen LogP contribution is 2.26. The van der Waals surface area contributed by atoms with E-state index in [0.29, 0.717) is 29.6 Å². The third kappa shape index (κ3) is 2.92. The molecule has 1 aliphatic heterocycles. The fraction of sp³-hybridized carbons (Fsp3) is 0.571. The van der Waals surface area contributed by atoms with Crippen molar-refractivity contribution in [3.8, 4) is 0 Å². The van der Waals surface area contributed by atoms with Crippen LogP contribution in [0.15, 0.2) is 23.1 Å². The smallest absolute Gasteiger partial charge is 0.243 e. The molecule has 1 aromatic carbocycles. The molecule has 0 amide bonds. The van der Waals surface area contributed by atoms with E-state index in [-0.39, 0.29) is 0 Å². The van der Waals surface area contributed by atoms with Gasteiger partial charge in [0.25, 0.3) is 0 Å². The molecule has 0 aromatic heterocycles. The van der Waals surface area contributed by atoms with Gasteiger partial charge in [-0.05, 0) is 43.4 Å². The monoisotopic (exact) mass is 282 g/mol. The average Bonchev–Trinajstić information content (AvgIpc) is 2.41. The van der Waals surface area contributed by atoms with Gasteiger partial charge in [0, 0.05) is 18.8 Å². The van der Waals surface area contributed by atoms with Gasteiger partial charge in [0.2, 0.25) is 10.0 Å². The van der Waals surface area contributed by atoms with Crippen molar-refractivity contribution in [2.45, 2.75) is 38.0 Å². The highest BCUT2D eigenvalue weighted by molar-refractivity contribution is 7.89. The van der Waals surface area contributed by atoms with Crippen LogP contribution in [0.3, 0.4) is 0 Å². The Labute approximate surface area is 115 Å². The predicted molar refractivity (Wildman–Crippen MR) is 77.4 cm³/mol. The Hall–Kier alpha value is -1.07. The first-order valence-corrected chi connectivity index (χ1v) is 8.25. The summed E-state index contributed by atoms with van der Waals surface area (Å²) in [6.07, 6.45) is 3.04. The van der Waals surface area contributed by atoms with Gasteiger partial charge in [0.05, 0.1) is 4.90 Å². The topological polar surface area (TPSA) is 63.4 Å². The van der Waals surface area contributed by atoms with Gasteiger partial charge in [-0.3, -0.25) is 0 Å². The Kier molecular flexibility index (Phi) is 4.16. The third-order valence-electron chi connectivity index (χ3n) is 4.04. The number of rotatable bonds is 3. The third-order valence-corrected chi connectivity index (χ3v) is 5.93. The molecule has 5 heteroatoms. The molecule has 0 unspecified atom stereocenters. The number of nitrogens with zero attached hydrogens (tertiary/aromatic N) is 1. The van der Waals surface area contributed by atoms with Crippen LogP contribution in [0, 0.1) is 12.8 Å². The summed E-state index contributed by atoms with van der Waals surface area (Å²) in [5, 5.41) is 0. The van der Waals surface area contributed by atoms with E-state index < -0.39 is 10.0 Å². The standard InChI is InChI=1S/C14H22N2O2S/c1-3-12-6-8-16(9-7-12)19(17,18)13-5-4-11(2)14(15)10-13/h4-5,10,12H,3,6-9,15H2,1-2H3. The lowest BCUT2D eigenvalue weighted by Gasteiger charge is -2.30. The molecule has 106 valence electrons. The van der Waals surface area contributed by atoms with Gasteiger partial charge >= 0.3 is 0 Å². The largest absolute Gasteiger partial charge is 0.398 e. The first-order chi connectivity index (χ1) is 8.95. The van der Waals surface area contributed by atoms with Crippen molar-refractivity contribution in [1.29, 1.82) is 0 Å². The number of aryl methyl sites for hydroxylation is 1. The fourth-order valence-electron chi connectivity index (χ4n) is 2.49. The van der Waals surface area contributed by atoms with Crippen molar-refractivity contribution in [3.05, 3.63) is 23.8 Å². The predicted octanol–water partition coefficient (Wildman–Crippen LogP) is 2.39. The number of nitrogen functional groups attached to an aromatic ring is 1. The molecule has 1 heterocycles. The van der Waals surface area contributed by atoms with Gasteiger partial charge < -0.3 is 5.73 Å². The molecule has 19 heavy (non-hydrogen) atoms. The molecule has 0 aliphatic carbocycles. The van der Waals surface area contributed by atoms with Crippen LogP contribution in [0.2, 0.25) is 0 Å². The minimum absolute atomic E-state index is 0.311. The number of hydrogen-bond donors (Lipinski definition) is 1. The second kappa shape index (κ2) is 5.51. The van der Waals surface area contributed by atoms with E-state index in [1.54, 1.807) is 22.5 Å². The van der Waals surface area contributed by atoms with E-state index in [0.717, 1.165) is 24.8 Å². The molecule has 1 aliphatic rings. The van der Waals surface area contributed by atoms with Crippen LogP contribution in [0.25, 0.3) is 0 Å². The maximum atomic E-state index is 12.5. The minimum Gasteiger partial charge on any atom is -0.398 e. The number of nitrogens with two attached hydrogens (primary N) is 1. The lowest BCUT2D eigenvalue weighted by molar-refractivity contribution is 0.269. The van der Waals surface area contributed by atoms with E-state index in [2.05, 4.69) is 6.92 Å². The van der Waals surface area contributed by atoms with Crippen LogP contribution < -0.4 is 5.73 Å². The molecule has 1 saturated heterocycles. The van der Waals surface area contributed by atoms with Crippen molar-refractivity contribution in [2.24, 2.45) is 5.92 Å². The van der Waals surface area contributed by atoms with Crippen LogP contribution in [0.1, 0.15) is 31.7 Å². The van der Waals surface area contributed by atoms with Gasteiger partial charge in [-0.1, -0.05) is 19.4 Å². The zero-order valence-corrected chi connectivity index (χ0v) is 12.4.